The van der Waals surface area contributed by atoms with Gasteiger partial charge in [-0.15, -0.1) is 0 Å². The summed E-state index contributed by atoms with van der Waals surface area (Å²) in [6.45, 7) is 5.54. The van der Waals surface area contributed by atoms with Gasteiger partial charge in [-0.05, 0) is 89.0 Å². The fourth-order valence-electron chi connectivity index (χ4n) is 3.86. The summed E-state index contributed by atoms with van der Waals surface area (Å²) < 4.78 is 18.6. The zero-order valence-electron chi connectivity index (χ0n) is 15.4. The van der Waals surface area contributed by atoms with Crippen LogP contribution in [0.2, 0.25) is 0 Å². The summed E-state index contributed by atoms with van der Waals surface area (Å²) in [7, 11) is 0. The maximum absolute atomic E-state index is 13.3. The summed E-state index contributed by atoms with van der Waals surface area (Å²) in [6.07, 6.45) is 4.37. The molecular formula is C20H29FN2O2. The molecule has 1 heterocycles. The van der Waals surface area contributed by atoms with Crippen molar-refractivity contribution in [3.8, 4) is 0 Å². The highest BCUT2D eigenvalue weighted by Crippen LogP contribution is 2.36. The van der Waals surface area contributed by atoms with Crippen molar-refractivity contribution in [3.05, 3.63) is 23.8 Å². The van der Waals surface area contributed by atoms with Gasteiger partial charge in [-0.25, -0.2) is 9.18 Å². The number of carbonyl (C=O) groups is 1. The predicted molar refractivity (Wildman–Crippen MR) is 98.9 cm³/mol. The Morgan fingerprint density at radius 3 is 2.60 bits per heavy atom. The molecule has 1 atom stereocenters. The standard InChI is InChI=1S/C20H29FN2O2/c1-20(2,3)25-19(24)22-16-9-11-18-14(12-16)6-10-17(23-18)13-4-7-15(21)8-5-13/h9,11-13,15,17,23H,4-8,10H2,1-3H3,(H,22,24). The molecule has 1 amide bonds. The second-order valence-corrected chi connectivity index (χ2v) is 8.30. The van der Waals surface area contributed by atoms with Gasteiger partial charge in [0, 0.05) is 17.4 Å². The van der Waals surface area contributed by atoms with Gasteiger partial charge in [0.05, 0.1) is 0 Å². The van der Waals surface area contributed by atoms with E-state index >= 15 is 0 Å². The number of anilines is 2. The molecule has 4 nitrogen and oxygen atoms in total. The number of aryl methyl sites for hydroxylation is 1. The number of benzene rings is 1. The van der Waals surface area contributed by atoms with Gasteiger partial charge in [-0.2, -0.15) is 0 Å². The summed E-state index contributed by atoms with van der Waals surface area (Å²) >= 11 is 0. The molecule has 0 bridgehead atoms. The molecule has 1 aromatic carbocycles. The quantitative estimate of drug-likeness (QED) is 0.763. The van der Waals surface area contributed by atoms with Crippen molar-refractivity contribution in [2.24, 2.45) is 5.92 Å². The molecule has 0 aromatic heterocycles. The lowest BCUT2D eigenvalue weighted by Crippen LogP contribution is -2.35. The first-order valence-electron chi connectivity index (χ1n) is 9.34. The lowest BCUT2D eigenvalue weighted by Gasteiger charge is -2.36. The van der Waals surface area contributed by atoms with Crippen LogP contribution in [0.1, 0.15) is 58.4 Å². The van der Waals surface area contributed by atoms with Gasteiger partial charge in [-0.1, -0.05) is 0 Å². The second kappa shape index (κ2) is 7.22. The molecule has 25 heavy (non-hydrogen) atoms. The highest BCUT2D eigenvalue weighted by atomic mass is 19.1. The summed E-state index contributed by atoms with van der Waals surface area (Å²) in [5, 5.41) is 6.43. The average molecular weight is 348 g/mol. The van der Waals surface area contributed by atoms with Crippen LogP contribution in [0, 0.1) is 5.92 Å². The molecule has 1 saturated carbocycles. The molecule has 0 saturated heterocycles. The van der Waals surface area contributed by atoms with Crippen LogP contribution in [0.4, 0.5) is 20.6 Å². The van der Waals surface area contributed by atoms with E-state index in [0.29, 0.717) is 24.8 Å². The smallest absolute Gasteiger partial charge is 0.412 e. The van der Waals surface area contributed by atoms with Crippen molar-refractivity contribution in [2.45, 2.75) is 77.1 Å². The van der Waals surface area contributed by atoms with E-state index in [0.717, 1.165) is 37.1 Å². The second-order valence-electron chi connectivity index (χ2n) is 8.30. The maximum Gasteiger partial charge on any atom is 0.412 e. The molecule has 2 aliphatic rings. The fourth-order valence-corrected chi connectivity index (χ4v) is 3.86. The zero-order chi connectivity index (χ0) is 18.0. The van der Waals surface area contributed by atoms with Crippen LogP contribution in [0.3, 0.4) is 0 Å². The minimum Gasteiger partial charge on any atom is -0.444 e. The van der Waals surface area contributed by atoms with Gasteiger partial charge in [0.2, 0.25) is 0 Å². The van der Waals surface area contributed by atoms with E-state index in [4.69, 9.17) is 4.74 Å². The van der Waals surface area contributed by atoms with Gasteiger partial charge >= 0.3 is 6.09 Å². The Hall–Kier alpha value is -1.78. The predicted octanol–water partition coefficient (Wildman–Crippen LogP) is 5.29. The number of halogens is 1. The Morgan fingerprint density at radius 2 is 1.92 bits per heavy atom. The normalized spacial score (nSPS) is 26.3. The Kier molecular flexibility index (Phi) is 5.21. The maximum atomic E-state index is 13.3. The Bertz CT molecular complexity index is 619. The molecule has 5 heteroatoms. The van der Waals surface area contributed by atoms with Gasteiger partial charge < -0.3 is 10.1 Å². The van der Waals surface area contributed by atoms with Crippen molar-refractivity contribution >= 4 is 17.5 Å². The number of amides is 1. The Balaban J connectivity index is 1.60. The van der Waals surface area contributed by atoms with Crippen LogP contribution in [0.15, 0.2) is 18.2 Å². The van der Waals surface area contributed by atoms with E-state index in [1.54, 1.807) is 0 Å². The average Bonchev–Trinajstić information content (AvgIpc) is 2.53. The first-order chi connectivity index (χ1) is 11.8. The SMILES string of the molecule is CC(C)(C)OC(=O)Nc1ccc2c(c1)CCC(C1CCC(F)CC1)N2. The lowest BCUT2D eigenvalue weighted by molar-refractivity contribution is 0.0636. The molecular weight excluding hydrogens is 319 g/mol. The third kappa shape index (κ3) is 4.86. The molecule has 1 aliphatic heterocycles. The van der Waals surface area contributed by atoms with E-state index in [-0.39, 0.29) is 0 Å². The largest absolute Gasteiger partial charge is 0.444 e. The van der Waals surface area contributed by atoms with Crippen LogP contribution in [0.5, 0.6) is 0 Å². The molecule has 1 aromatic rings. The Morgan fingerprint density at radius 1 is 1.20 bits per heavy atom. The summed E-state index contributed by atoms with van der Waals surface area (Å²) in [6, 6.07) is 6.37. The van der Waals surface area contributed by atoms with E-state index < -0.39 is 17.9 Å². The summed E-state index contributed by atoms with van der Waals surface area (Å²) in [5.41, 5.74) is 2.59. The van der Waals surface area contributed by atoms with Crippen molar-refractivity contribution < 1.29 is 13.9 Å². The first-order valence-corrected chi connectivity index (χ1v) is 9.34. The first kappa shape index (κ1) is 18.0. The number of hydrogen-bond donors (Lipinski definition) is 2. The molecule has 3 rings (SSSR count). The summed E-state index contributed by atoms with van der Waals surface area (Å²) in [4.78, 5) is 11.9. The van der Waals surface area contributed by atoms with Gasteiger partial charge in [0.1, 0.15) is 11.8 Å². The number of nitrogens with one attached hydrogen (secondary N) is 2. The van der Waals surface area contributed by atoms with Crippen LogP contribution < -0.4 is 10.6 Å². The van der Waals surface area contributed by atoms with Crippen LogP contribution >= 0.6 is 0 Å². The van der Waals surface area contributed by atoms with E-state index in [9.17, 15) is 9.18 Å². The molecule has 1 fully saturated rings. The van der Waals surface area contributed by atoms with Crippen LogP contribution in [-0.4, -0.2) is 23.9 Å². The molecule has 0 spiro atoms. The number of fused-ring (bicyclic) bond motifs is 1. The number of ether oxygens (including phenoxy) is 1. The van der Waals surface area contributed by atoms with E-state index in [2.05, 4.69) is 10.6 Å². The van der Waals surface area contributed by atoms with Crippen molar-refractivity contribution in [1.82, 2.24) is 0 Å². The zero-order valence-corrected chi connectivity index (χ0v) is 15.4. The van der Waals surface area contributed by atoms with Gasteiger partial charge in [0.15, 0.2) is 0 Å². The van der Waals surface area contributed by atoms with E-state index in [1.807, 2.05) is 39.0 Å². The highest BCUT2D eigenvalue weighted by molar-refractivity contribution is 5.85. The minimum atomic E-state index is -0.603. The molecule has 0 radical (unpaired) electrons. The lowest BCUT2D eigenvalue weighted by atomic mass is 9.79. The number of hydrogen-bond acceptors (Lipinski definition) is 3. The fraction of sp³-hybridized carbons (Fsp3) is 0.650. The number of alkyl halides is 1. The monoisotopic (exact) mass is 348 g/mol. The highest BCUT2D eigenvalue weighted by Gasteiger charge is 2.30. The van der Waals surface area contributed by atoms with Crippen molar-refractivity contribution in [3.63, 3.8) is 0 Å². The molecule has 2 N–H and O–H groups in total. The van der Waals surface area contributed by atoms with Crippen LogP contribution in [-0.2, 0) is 11.2 Å². The van der Waals surface area contributed by atoms with Gasteiger partial charge in [-0.3, -0.25) is 5.32 Å². The topological polar surface area (TPSA) is 50.4 Å². The van der Waals surface area contributed by atoms with Crippen molar-refractivity contribution in [2.75, 3.05) is 10.6 Å². The molecule has 138 valence electrons. The Labute approximate surface area is 149 Å². The third-order valence-electron chi connectivity index (χ3n) is 5.09. The summed E-state index contributed by atoms with van der Waals surface area (Å²) in [5.74, 6) is 0.569. The number of carbonyl (C=O) groups excluding carboxylic acids is 1. The molecule has 1 unspecified atom stereocenters. The van der Waals surface area contributed by atoms with Crippen LogP contribution in [0.25, 0.3) is 0 Å². The number of rotatable bonds is 2. The van der Waals surface area contributed by atoms with Gasteiger partial charge in [0.25, 0.3) is 0 Å². The van der Waals surface area contributed by atoms with Crippen molar-refractivity contribution in [1.29, 1.82) is 0 Å². The van der Waals surface area contributed by atoms with E-state index in [1.165, 1.54) is 5.56 Å². The third-order valence-corrected chi connectivity index (χ3v) is 5.09. The molecule has 1 aliphatic carbocycles. The minimum absolute atomic E-state index is 0.433.